The molecule has 3 atom stereocenters. The Hall–Kier alpha value is -1.15. The highest BCUT2D eigenvalue weighted by molar-refractivity contribution is 7.89. The van der Waals surface area contributed by atoms with E-state index in [2.05, 4.69) is 13.8 Å². The zero-order valence-electron chi connectivity index (χ0n) is 16.0. The predicted molar refractivity (Wildman–Crippen MR) is 109 cm³/mol. The van der Waals surface area contributed by atoms with Crippen LogP contribution in [-0.2, 0) is 10.0 Å². The maximum absolute atomic E-state index is 12.9. The summed E-state index contributed by atoms with van der Waals surface area (Å²) in [5, 5.41) is 0. The number of carbonyl (C=O) groups is 1. The average molecular weight is 416 g/mol. The normalized spacial score (nSPS) is 27.1. The minimum absolute atomic E-state index is 0. The Kier molecular flexibility index (Phi) is 7.30. The smallest absolute Gasteiger partial charge is 0.253 e. The monoisotopic (exact) mass is 415 g/mol. The highest BCUT2D eigenvalue weighted by Crippen LogP contribution is 2.27. The number of nitrogens with two attached hydrogens (primary N) is 1. The summed E-state index contributed by atoms with van der Waals surface area (Å²) in [6, 6.07) is 6.36. The third kappa shape index (κ3) is 5.02. The molecule has 2 heterocycles. The number of halogens is 1. The van der Waals surface area contributed by atoms with E-state index in [0.29, 0.717) is 43.6 Å². The Balaban J connectivity index is 0.00000261. The molecule has 2 saturated heterocycles. The summed E-state index contributed by atoms with van der Waals surface area (Å²) in [6.45, 7) is 6.54. The molecule has 1 amide bonds. The molecule has 0 radical (unpaired) electrons. The molecule has 152 valence electrons. The van der Waals surface area contributed by atoms with E-state index in [9.17, 15) is 13.2 Å². The van der Waals surface area contributed by atoms with Crippen LogP contribution in [0.2, 0.25) is 0 Å². The van der Waals surface area contributed by atoms with Gasteiger partial charge in [-0.15, -0.1) is 12.4 Å². The fraction of sp³-hybridized carbons (Fsp3) is 0.632. The first-order valence-electron chi connectivity index (χ1n) is 9.42. The molecule has 2 N–H and O–H groups in total. The second-order valence-electron chi connectivity index (χ2n) is 7.95. The molecule has 0 spiro atoms. The van der Waals surface area contributed by atoms with Crippen LogP contribution < -0.4 is 5.73 Å². The summed E-state index contributed by atoms with van der Waals surface area (Å²) in [6.07, 6.45) is 2.90. The van der Waals surface area contributed by atoms with Crippen LogP contribution >= 0.6 is 12.4 Å². The Labute approximate surface area is 168 Å². The number of carbonyl (C=O) groups excluding carboxylic acids is 1. The molecule has 0 aliphatic carbocycles. The van der Waals surface area contributed by atoms with Crippen molar-refractivity contribution in [2.45, 2.75) is 44.0 Å². The van der Waals surface area contributed by atoms with Gasteiger partial charge in [-0.2, -0.15) is 4.31 Å². The Morgan fingerprint density at radius 1 is 1.07 bits per heavy atom. The van der Waals surface area contributed by atoms with Crippen molar-refractivity contribution in [3.63, 3.8) is 0 Å². The molecular formula is C19H30ClN3O3S. The number of benzene rings is 1. The van der Waals surface area contributed by atoms with Crippen LogP contribution in [0.1, 0.15) is 43.5 Å². The lowest BCUT2D eigenvalue weighted by Gasteiger charge is -2.34. The molecule has 8 heteroatoms. The third-order valence-electron chi connectivity index (χ3n) is 5.32. The molecule has 0 aromatic heterocycles. The number of amides is 1. The molecule has 0 saturated carbocycles. The summed E-state index contributed by atoms with van der Waals surface area (Å²) >= 11 is 0. The molecule has 2 aliphatic rings. The second-order valence-corrected chi connectivity index (χ2v) is 9.88. The maximum atomic E-state index is 12.9. The van der Waals surface area contributed by atoms with E-state index in [-0.39, 0.29) is 29.3 Å². The minimum atomic E-state index is -3.52. The SMILES string of the molecule is CC1CC(C)CN(S(=O)(=O)c2ccc(C(=O)N3CCCC(N)C3)cc2)C1.Cl. The minimum Gasteiger partial charge on any atom is -0.337 e. The second kappa shape index (κ2) is 8.90. The van der Waals surface area contributed by atoms with Crippen molar-refractivity contribution < 1.29 is 13.2 Å². The standard InChI is InChI=1S/C19H29N3O3S.ClH/c1-14-10-15(2)12-22(11-14)26(24,25)18-7-5-16(6-8-18)19(23)21-9-3-4-17(20)13-21;/h5-8,14-15,17H,3-4,9-13,20H2,1-2H3;1H. The van der Waals surface area contributed by atoms with E-state index < -0.39 is 10.0 Å². The Morgan fingerprint density at radius 2 is 1.67 bits per heavy atom. The topological polar surface area (TPSA) is 83.7 Å². The molecule has 3 rings (SSSR count). The molecular weight excluding hydrogens is 386 g/mol. The first-order valence-corrected chi connectivity index (χ1v) is 10.9. The van der Waals surface area contributed by atoms with E-state index in [4.69, 9.17) is 5.73 Å². The molecule has 27 heavy (non-hydrogen) atoms. The first-order chi connectivity index (χ1) is 12.3. The molecule has 1 aromatic carbocycles. The van der Waals surface area contributed by atoms with Crippen LogP contribution in [0.4, 0.5) is 0 Å². The van der Waals surface area contributed by atoms with Gasteiger partial charge in [0.05, 0.1) is 4.90 Å². The van der Waals surface area contributed by atoms with E-state index in [1.807, 2.05) is 0 Å². The maximum Gasteiger partial charge on any atom is 0.253 e. The van der Waals surface area contributed by atoms with Gasteiger partial charge in [0, 0.05) is 37.8 Å². The van der Waals surface area contributed by atoms with Gasteiger partial charge < -0.3 is 10.6 Å². The van der Waals surface area contributed by atoms with Gasteiger partial charge in [-0.1, -0.05) is 13.8 Å². The van der Waals surface area contributed by atoms with Crippen molar-refractivity contribution in [1.82, 2.24) is 9.21 Å². The molecule has 0 bridgehead atoms. The van der Waals surface area contributed by atoms with Gasteiger partial charge in [-0.3, -0.25) is 4.79 Å². The summed E-state index contributed by atoms with van der Waals surface area (Å²) < 4.78 is 27.4. The van der Waals surface area contributed by atoms with Gasteiger partial charge in [0.2, 0.25) is 10.0 Å². The summed E-state index contributed by atoms with van der Waals surface area (Å²) in [4.78, 5) is 14.6. The van der Waals surface area contributed by atoms with Crippen molar-refractivity contribution in [3.05, 3.63) is 29.8 Å². The van der Waals surface area contributed by atoms with Crippen LogP contribution in [0.15, 0.2) is 29.2 Å². The lowest BCUT2D eigenvalue weighted by Crippen LogP contribution is -2.45. The van der Waals surface area contributed by atoms with Crippen LogP contribution in [-0.4, -0.2) is 55.8 Å². The van der Waals surface area contributed by atoms with E-state index in [1.165, 1.54) is 0 Å². The van der Waals surface area contributed by atoms with Crippen molar-refractivity contribution in [3.8, 4) is 0 Å². The van der Waals surface area contributed by atoms with Crippen LogP contribution in [0.25, 0.3) is 0 Å². The number of piperidine rings is 2. The van der Waals surface area contributed by atoms with Crippen LogP contribution in [0.3, 0.4) is 0 Å². The van der Waals surface area contributed by atoms with E-state index in [0.717, 1.165) is 19.3 Å². The van der Waals surface area contributed by atoms with Crippen molar-refractivity contribution in [2.75, 3.05) is 26.2 Å². The number of rotatable bonds is 3. The zero-order chi connectivity index (χ0) is 18.9. The van der Waals surface area contributed by atoms with Gasteiger partial charge in [0.1, 0.15) is 0 Å². The highest BCUT2D eigenvalue weighted by atomic mass is 35.5. The fourth-order valence-corrected chi connectivity index (χ4v) is 5.78. The van der Waals surface area contributed by atoms with Gasteiger partial charge >= 0.3 is 0 Å². The highest BCUT2D eigenvalue weighted by Gasteiger charge is 2.32. The number of sulfonamides is 1. The van der Waals surface area contributed by atoms with Crippen LogP contribution in [0, 0.1) is 11.8 Å². The quantitative estimate of drug-likeness (QED) is 0.821. The van der Waals surface area contributed by atoms with Gasteiger partial charge in [0.25, 0.3) is 5.91 Å². The van der Waals surface area contributed by atoms with E-state index >= 15 is 0 Å². The lowest BCUT2D eigenvalue weighted by atomic mass is 9.94. The van der Waals surface area contributed by atoms with Crippen molar-refractivity contribution >= 4 is 28.3 Å². The Bertz CT molecular complexity index is 744. The first kappa shape index (κ1) is 22.1. The zero-order valence-corrected chi connectivity index (χ0v) is 17.6. The van der Waals surface area contributed by atoms with Gasteiger partial charge in [0.15, 0.2) is 0 Å². The van der Waals surface area contributed by atoms with Gasteiger partial charge in [-0.05, 0) is 55.4 Å². The fourth-order valence-electron chi connectivity index (χ4n) is 4.10. The predicted octanol–water partition coefficient (Wildman–Crippen LogP) is 2.34. The lowest BCUT2D eigenvalue weighted by molar-refractivity contribution is 0.0708. The molecule has 1 aromatic rings. The largest absolute Gasteiger partial charge is 0.337 e. The molecule has 2 fully saturated rings. The average Bonchev–Trinajstić information content (AvgIpc) is 2.60. The van der Waals surface area contributed by atoms with Crippen LogP contribution in [0.5, 0.6) is 0 Å². The number of hydrogen-bond acceptors (Lipinski definition) is 4. The summed E-state index contributed by atoms with van der Waals surface area (Å²) in [5.74, 6) is 0.639. The van der Waals surface area contributed by atoms with Crippen molar-refractivity contribution in [1.29, 1.82) is 0 Å². The number of hydrogen-bond donors (Lipinski definition) is 1. The molecule has 6 nitrogen and oxygen atoms in total. The third-order valence-corrected chi connectivity index (χ3v) is 7.17. The molecule has 2 aliphatic heterocycles. The number of likely N-dealkylation sites (tertiary alicyclic amines) is 1. The Morgan fingerprint density at radius 3 is 2.22 bits per heavy atom. The van der Waals surface area contributed by atoms with Gasteiger partial charge in [-0.25, -0.2) is 8.42 Å². The van der Waals surface area contributed by atoms with Crippen molar-refractivity contribution in [2.24, 2.45) is 17.6 Å². The van der Waals surface area contributed by atoms with E-state index in [1.54, 1.807) is 33.5 Å². The molecule has 3 unspecified atom stereocenters. The summed E-state index contributed by atoms with van der Waals surface area (Å²) in [7, 11) is -3.52. The number of nitrogens with zero attached hydrogens (tertiary/aromatic N) is 2. The summed E-state index contributed by atoms with van der Waals surface area (Å²) in [5.41, 5.74) is 6.46.